The molecule has 0 aromatic carbocycles. The molecule has 2 atom stereocenters. The van der Waals surface area contributed by atoms with Crippen molar-refractivity contribution >= 4 is 5.71 Å². The summed E-state index contributed by atoms with van der Waals surface area (Å²) in [4.78, 5) is 0. The van der Waals surface area contributed by atoms with Crippen molar-refractivity contribution in [3.8, 4) is 0 Å². The lowest BCUT2D eigenvalue weighted by Crippen LogP contribution is -2.31. The largest absolute Gasteiger partial charge is 0.273 e. The van der Waals surface area contributed by atoms with Gasteiger partial charge in [-0.05, 0) is 6.92 Å². The molecule has 0 aromatic heterocycles. The van der Waals surface area contributed by atoms with Crippen LogP contribution in [-0.2, 0) is 0 Å². The van der Waals surface area contributed by atoms with Gasteiger partial charge in [-0.25, -0.2) is 0 Å². The van der Waals surface area contributed by atoms with Gasteiger partial charge >= 0.3 is 0 Å². The standard InChI is InChI=1S/C9H16N2/c1-6-7(2)9(4)11(5)10-8(6)3/h6-7H,4H2,1-3,5H3/t6?,7-/m0/s1. The second-order valence-corrected chi connectivity index (χ2v) is 3.33. The van der Waals surface area contributed by atoms with Gasteiger partial charge in [0.2, 0.25) is 0 Å². The van der Waals surface area contributed by atoms with Crippen LogP contribution in [0.1, 0.15) is 20.8 Å². The summed E-state index contributed by atoms with van der Waals surface area (Å²) in [5.74, 6) is 1.07. The van der Waals surface area contributed by atoms with E-state index in [-0.39, 0.29) is 0 Å². The molecule has 0 amide bonds. The molecule has 0 aliphatic carbocycles. The van der Waals surface area contributed by atoms with Crippen LogP contribution in [-0.4, -0.2) is 17.8 Å². The first kappa shape index (κ1) is 8.31. The van der Waals surface area contributed by atoms with E-state index in [0.29, 0.717) is 11.8 Å². The van der Waals surface area contributed by atoms with Gasteiger partial charge in [-0.2, -0.15) is 5.10 Å². The van der Waals surface area contributed by atoms with Gasteiger partial charge in [-0.1, -0.05) is 20.4 Å². The van der Waals surface area contributed by atoms with Gasteiger partial charge in [-0.3, -0.25) is 5.01 Å². The molecule has 0 aromatic rings. The lowest BCUT2D eigenvalue weighted by molar-refractivity contribution is 0.330. The van der Waals surface area contributed by atoms with Gasteiger partial charge in [0.15, 0.2) is 0 Å². The highest BCUT2D eigenvalue weighted by Crippen LogP contribution is 2.27. The van der Waals surface area contributed by atoms with Crippen LogP contribution in [0, 0.1) is 11.8 Å². The van der Waals surface area contributed by atoms with Crippen molar-refractivity contribution in [2.24, 2.45) is 16.9 Å². The summed E-state index contributed by atoms with van der Waals surface area (Å²) < 4.78 is 0. The third-order valence-electron chi connectivity index (χ3n) is 2.66. The summed E-state index contributed by atoms with van der Waals surface area (Å²) >= 11 is 0. The Morgan fingerprint density at radius 2 is 1.91 bits per heavy atom. The van der Waals surface area contributed by atoms with Crippen LogP contribution < -0.4 is 0 Å². The molecule has 0 bridgehead atoms. The van der Waals surface area contributed by atoms with Crippen molar-refractivity contribution in [3.63, 3.8) is 0 Å². The predicted molar refractivity (Wildman–Crippen MR) is 48.3 cm³/mol. The van der Waals surface area contributed by atoms with Gasteiger partial charge in [0.05, 0.1) is 0 Å². The van der Waals surface area contributed by atoms with Crippen LogP contribution in [0.4, 0.5) is 0 Å². The van der Waals surface area contributed by atoms with Crippen molar-refractivity contribution in [1.82, 2.24) is 5.01 Å². The van der Waals surface area contributed by atoms with E-state index in [1.165, 1.54) is 5.71 Å². The molecule has 0 spiro atoms. The quantitative estimate of drug-likeness (QED) is 0.519. The van der Waals surface area contributed by atoms with Crippen molar-refractivity contribution in [1.29, 1.82) is 0 Å². The molecule has 1 aliphatic heterocycles. The molecule has 0 fully saturated rings. The van der Waals surface area contributed by atoms with Crippen LogP contribution in [0.2, 0.25) is 0 Å². The Kier molecular flexibility index (Phi) is 2.03. The fraction of sp³-hybridized carbons (Fsp3) is 0.667. The maximum atomic E-state index is 4.35. The van der Waals surface area contributed by atoms with Gasteiger partial charge < -0.3 is 0 Å². The van der Waals surface area contributed by atoms with Crippen LogP contribution in [0.25, 0.3) is 0 Å². The van der Waals surface area contributed by atoms with E-state index in [4.69, 9.17) is 0 Å². The average molecular weight is 152 g/mol. The Morgan fingerprint density at radius 3 is 2.45 bits per heavy atom. The van der Waals surface area contributed by atoms with Crippen LogP contribution in [0.3, 0.4) is 0 Å². The molecule has 0 N–H and O–H groups in total. The van der Waals surface area contributed by atoms with Gasteiger partial charge in [0.25, 0.3) is 0 Å². The first-order valence-corrected chi connectivity index (χ1v) is 4.01. The summed E-state index contributed by atoms with van der Waals surface area (Å²) in [7, 11) is 1.95. The summed E-state index contributed by atoms with van der Waals surface area (Å²) in [6.45, 7) is 10.4. The topological polar surface area (TPSA) is 15.6 Å². The van der Waals surface area contributed by atoms with E-state index in [1.807, 2.05) is 12.1 Å². The van der Waals surface area contributed by atoms with Crippen molar-refractivity contribution < 1.29 is 0 Å². The predicted octanol–water partition coefficient (Wildman–Crippen LogP) is 2.09. The van der Waals surface area contributed by atoms with E-state index in [0.717, 1.165) is 5.70 Å². The zero-order valence-electron chi connectivity index (χ0n) is 7.76. The van der Waals surface area contributed by atoms with E-state index in [2.05, 4.69) is 32.5 Å². The van der Waals surface area contributed by atoms with Crippen molar-refractivity contribution in [3.05, 3.63) is 12.3 Å². The van der Waals surface area contributed by atoms with Crippen LogP contribution in [0.15, 0.2) is 17.4 Å². The van der Waals surface area contributed by atoms with Crippen molar-refractivity contribution in [2.75, 3.05) is 7.05 Å². The fourth-order valence-corrected chi connectivity index (χ4v) is 1.34. The highest BCUT2D eigenvalue weighted by atomic mass is 15.4. The molecule has 1 rings (SSSR count). The van der Waals surface area contributed by atoms with E-state index in [9.17, 15) is 0 Å². The third kappa shape index (κ3) is 1.30. The lowest BCUT2D eigenvalue weighted by Gasteiger charge is -2.32. The number of rotatable bonds is 0. The maximum Gasteiger partial charge on any atom is 0.0388 e. The Hall–Kier alpha value is -0.790. The number of allylic oxidation sites excluding steroid dienone is 1. The molecule has 1 unspecified atom stereocenters. The summed E-state index contributed by atoms with van der Waals surface area (Å²) in [5.41, 5.74) is 2.32. The average Bonchev–Trinajstić information content (AvgIpc) is 1.97. The van der Waals surface area contributed by atoms with E-state index in [1.54, 1.807) is 0 Å². The van der Waals surface area contributed by atoms with Gasteiger partial charge in [0, 0.05) is 30.3 Å². The third-order valence-corrected chi connectivity index (χ3v) is 2.66. The molecule has 11 heavy (non-hydrogen) atoms. The van der Waals surface area contributed by atoms with E-state index >= 15 is 0 Å². The maximum absolute atomic E-state index is 4.35. The monoisotopic (exact) mass is 152 g/mol. The molecule has 1 aliphatic rings. The smallest absolute Gasteiger partial charge is 0.0388 e. The normalized spacial score (nSPS) is 32.2. The molecular formula is C9H16N2. The SMILES string of the molecule is C=C1[C@@H](C)C(C)C(C)=NN1C. The molecule has 1 heterocycles. The summed E-state index contributed by atoms with van der Waals surface area (Å²) in [6, 6.07) is 0. The summed E-state index contributed by atoms with van der Waals surface area (Å²) in [5, 5.41) is 6.22. The van der Waals surface area contributed by atoms with Crippen LogP contribution in [0.5, 0.6) is 0 Å². The molecule has 2 nitrogen and oxygen atoms in total. The Labute approximate surface area is 68.6 Å². The second-order valence-electron chi connectivity index (χ2n) is 3.33. The molecule has 0 saturated heterocycles. The molecular weight excluding hydrogens is 136 g/mol. The molecule has 2 heteroatoms. The highest BCUT2D eigenvalue weighted by Gasteiger charge is 2.24. The zero-order chi connectivity index (χ0) is 8.59. The van der Waals surface area contributed by atoms with Gasteiger partial charge in [-0.15, -0.1) is 0 Å². The number of hydrazone groups is 1. The minimum absolute atomic E-state index is 0.525. The number of hydrogen-bond donors (Lipinski definition) is 0. The Morgan fingerprint density at radius 1 is 1.36 bits per heavy atom. The minimum atomic E-state index is 0.525. The minimum Gasteiger partial charge on any atom is -0.273 e. The van der Waals surface area contributed by atoms with Crippen molar-refractivity contribution in [2.45, 2.75) is 20.8 Å². The van der Waals surface area contributed by atoms with Crippen LogP contribution >= 0.6 is 0 Å². The van der Waals surface area contributed by atoms with Gasteiger partial charge in [0.1, 0.15) is 0 Å². The lowest BCUT2D eigenvalue weighted by atomic mass is 9.88. The first-order chi connectivity index (χ1) is 5.04. The molecule has 62 valence electrons. The Balaban J connectivity index is 2.92. The number of nitrogens with zero attached hydrogens (tertiary/aromatic N) is 2. The molecule has 0 radical (unpaired) electrons. The first-order valence-electron chi connectivity index (χ1n) is 4.01. The highest BCUT2D eigenvalue weighted by molar-refractivity contribution is 5.85. The number of hydrogen-bond acceptors (Lipinski definition) is 2. The molecule has 0 saturated carbocycles. The van der Waals surface area contributed by atoms with E-state index < -0.39 is 0 Å². The summed E-state index contributed by atoms with van der Waals surface area (Å²) in [6.07, 6.45) is 0. The fourth-order valence-electron chi connectivity index (χ4n) is 1.34. The Bertz CT molecular complexity index is 206. The second kappa shape index (κ2) is 2.68. The zero-order valence-corrected chi connectivity index (χ0v) is 7.76.